The Morgan fingerprint density at radius 2 is 1.61 bits per heavy atom. The van der Waals surface area contributed by atoms with Gasteiger partial charge in [0.2, 0.25) is 23.8 Å². The second kappa shape index (κ2) is 11.3. The molecule has 0 bridgehead atoms. The molecule has 10 heteroatoms. The fourth-order valence-electron chi connectivity index (χ4n) is 4.54. The monoisotopic (exact) mass is 531 g/mol. The number of fused-ring (bicyclic) bond motifs is 1. The molecule has 0 saturated carbocycles. The number of anilines is 2. The van der Waals surface area contributed by atoms with Gasteiger partial charge >= 0.3 is 0 Å². The van der Waals surface area contributed by atoms with Crippen LogP contribution < -0.4 is 20.1 Å². The molecule has 2 N–H and O–H groups in total. The van der Waals surface area contributed by atoms with Gasteiger partial charge in [-0.2, -0.15) is 4.99 Å². The number of aryl methyl sites for hydroxylation is 4. The van der Waals surface area contributed by atoms with Crippen LogP contribution in [0.2, 0.25) is 0 Å². The molecular formula is C28H33N7O2S. The molecule has 1 saturated heterocycles. The number of ether oxygens (including phenoxy) is 2. The summed E-state index contributed by atoms with van der Waals surface area (Å²) in [5.74, 6) is 2.78. The zero-order chi connectivity index (χ0) is 26.6. The Labute approximate surface area is 228 Å². The van der Waals surface area contributed by atoms with Crippen LogP contribution in [0, 0.1) is 27.7 Å². The molecular weight excluding hydrogens is 498 g/mol. The molecule has 0 unspecified atom stereocenters. The Kier molecular flexibility index (Phi) is 7.71. The minimum atomic E-state index is 0.289. The second-order valence-corrected chi connectivity index (χ2v) is 10.1. The molecule has 38 heavy (non-hydrogen) atoms. The average Bonchev–Trinajstić information content (AvgIpc) is 3.34. The van der Waals surface area contributed by atoms with Crippen LogP contribution in [0.1, 0.15) is 28.1 Å². The summed E-state index contributed by atoms with van der Waals surface area (Å²) in [6, 6.07) is 14.3. The molecule has 2 aliphatic heterocycles. The highest BCUT2D eigenvalue weighted by Crippen LogP contribution is 2.32. The van der Waals surface area contributed by atoms with Crippen molar-refractivity contribution < 1.29 is 9.47 Å². The molecule has 0 spiro atoms. The van der Waals surface area contributed by atoms with E-state index >= 15 is 0 Å². The van der Waals surface area contributed by atoms with Crippen molar-refractivity contribution in [3.63, 3.8) is 0 Å². The standard InChI is InChI=1S/C28H33N7O2S/c1-18-5-7-23(13-19(18)2)31-28(38)33-27(32-26-29-20(3)14-21(4)30-26)35-11-9-34(10-12-35)16-22-6-8-24-25(15-22)37-17-36-24/h5-8,13-15H,9-12,16-17H2,1-4H3,(H2,29,30,31,32,33,38). The van der Waals surface area contributed by atoms with E-state index in [4.69, 9.17) is 26.7 Å². The molecule has 2 aliphatic rings. The summed E-state index contributed by atoms with van der Waals surface area (Å²) in [6.45, 7) is 12.5. The Morgan fingerprint density at radius 3 is 2.34 bits per heavy atom. The van der Waals surface area contributed by atoms with Gasteiger partial charge in [-0.1, -0.05) is 12.1 Å². The number of aliphatic imine (C=N–C) groups is 1. The average molecular weight is 532 g/mol. The van der Waals surface area contributed by atoms with Crippen LogP contribution in [-0.4, -0.2) is 63.8 Å². The van der Waals surface area contributed by atoms with Crippen molar-refractivity contribution >= 4 is 34.9 Å². The Bertz CT molecular complexity index is 1350. The van der Waals surface area contributed by atoms with Gasteiger partial charge in [0.15, 0.2) is 11.5 Å². The highest BCUT2D eigenvalue weighted by Gasteiger charge is 2.22. The van der Waals surface area contributed by atoms with E-state index in [0.717, 1.165) is 61.3 Å². The predicted molar refractivity (Wildman–Crippen MR) is 154 cm³/mol. The molecule has 9 nitrogen and oxygen atoms in total. The summed E-state index contributed by atoms with van der Waals surface area (Å²) < 4.78 is 11.0. The van der Waals surface area contributed by atoms with Gasteiger partial charge in [0.05, 0.1) is 0 Å². The van der Waals surface area contributed by atoms with Crippen molar-refractivity contribution in [1.29, 1.82) is 0 Å². The first-order chi connectivity index (χ1) is 18.3. The lowest BCUT2D eigenvalue weighted by Crippen LogP contribution is -2.50. The number of hydrogen-bond acceptors (Lipinski definition) is 6. The maximum absolute atomic E-state index is 5.64. The highest BCUT2D eigenvalue weighted by atomic mass is 32.1. The molecule has 3 aromatic rings. The summed E-state index contributed by atoms with van der Waals surface area (Å²) in [5.41, 5.74) is 6.34. The third kappa shape index (κ3) is 6.38. The summed E-state index contributed by atoms with van der Waals surface area (Å²) in [4.78, 5) is 18.5. The molecule has 198 valence electrons. The lowest BCUT2D eigenvalue weighted by molar-refractivity contribution is 0.172. The normalized spacial score (nSPS) is 15.5. The van der Waals surface area contributed by atoms with E-state index in [2.05, 4.69) is 68.5 Å². The van der Waals surface area contributed by atoms with Crippen LogP contribution in [0.5, 0.6) is 11.5 Å². The van der Waals surface area contributed by atoms with Crippen molar-refractivity contribution in [3.8, 4) is 11.5 Å². The summed E-state index contributed by atoms with van der Waals surface area (Å²) in [5, 5.41) is 6.97. The number of aromatic nitrogens is 2. The maximum atomic E-state index is 5.64. The molecule has 2 aromatic carbocycles. The fraction of sp³-hybridized carbons (Fsp3) is 0.357. The molecule has 1 aromatic heterocycles. The zero-order valence-corrected chi connectivity index (χ0v) is 23.1. The number of piperazine rings is 1. The molecule has 5 rings (SSSR count). The van der Waals surface area contributed by atoms with Gasteiger partial charge in [-0.25, -0.2) is 9.97 Å². The Hall–Kier alpha value is -3.76. The van der Waals surface area contributed by atoms with E-state index < -0.39 is 0 Å². The van der Waals surface area contributed by atoms with Crippen LogP contribution >= 0.6 is 12.2 Å². The van der Waals surface area contributed by atoms with Gasteiger partial charge in [-0.3, -0.25) is 10.2 Å². The molecule has 0 atom stereocenters. The van der Waals surface area contributed by atoms with E-state index in [1.807, 2.05) is 32.0 Å². The van der Waals surface area contributed by atoms with E-state index in [0.29, 0.717) is 17.0 Å². The zero-order valence-electron chi connectivity index (χ0n) is 22.2. The van der Waals surface area contributed by atoms with Crippen molar-refractivity contribution in [2.45, 2.75) is 34.2 Å². The molecule has 3 heterocycles. The third-order valence-corrected chi connectivity index (χ3v) is 6.88. The quantitative estimate of drug-likeness (QED) is 0.289. The van der Waals surface area contributed by atoms with Gasteiger partial charge in [0.25, 0.3) is 0 Å². The lowest BCUT2D eigenvalue weighted by atomic mass is 10.1. The Balaban J connectivity index is 1.29. The molecule has 0 amide bonds. The van der Waals surface area contributed by atoms with Crippen LogP contribution in [0.4, 0.5) is 11.6 Å². The predicted octanol–water partition coefficient (Wildman–Crippen LogP) is 4.42. The first kappa shape index (κ1) is 25.9. The van der Waals surface area contributed by atoms with Crippen LogP contribution in [0.15, 0.2) is 47.5 Å². The van der Waals surface area contributed by atoms with E-state index in [9.17, 15) is 0 Å². The maximum Gasteiger partial charge on any atom is 0.231 e. The Morgan fingerprint density at radius 1 is 0.868 bits per heavy atom. The summed E-state index contributed by atoms with van der Waals surface area (Å²) in [6.07, 6.45) is 0. The molecule has 0 radical (unpaired) electrons. The highest BCUT2D eigenvalue weighted by molar-refractivity contribution is 7.80. The van der Waals surface area contributed by atoms with Gasteiger partial charge in [0, 0.05) is 49.8 Å². The fourth-order valence-corrected chi connectivity index (χ4v) is 4.75. The number of benzene rings is 2. The lowest BCUT2D eigenvalue weighted by Gasteiger charge is -2.36. The van der Waals surface area contributed by atoms with Crippen molar-refractivity contribution in [2.75, 3.05) is 43.6 Å². The van der Waals surface area contributed by atoms with Crippen molar-refractivity contribution in [2.24, 2.45) is 4.99 Å². The van der Waals surface area contributed by atoms with Crippen molar-refractivity contribution in [1.82, 2.24) is 19.8 Å². The molecule has 1 fully saturated rings. The van der Waals surface area contributed by atoms with Gasteiger partial charge in [0.1, 0.15) is 0 Å². The topological polar surface area (TPSA) is 87.1 Å². The first-order valence-corrected chi connectivity index (χ1v) is 13.2. The van der Waals surface area contributed by atoms with Crippen molar-refractivity contribution in [3.05, 3.63) is 70.5 Å². The number of nitrogens with zero attached hydrogens (tertiary/aromatic N) is 5. The van der Waals surface area contributed by atoms with Crippen LogP contribution in [0.25, 0.3) is 0 Å². The SMILES string of the molecule is Cc1cc(C)nc(N/C(=N/C(=S)Nc2ccc(C)c(C)c2)N2CCN(Cc3ccc4c(c3)OCO4)CC2)n1. The number of guanidine groups is 1. The summed E-state index contributed by atoms with van der Waals surface area (Å²) >= 11 is 5.64. The smallest absolute Gasteiger partial charge is 0.231 e. The van der Waals surface area contributed by atoms with Gasteiger partial charge < -0.3 is 19.7 Å². The minimum absolute atomic E-state index is 0.289. The first-order valence-electron chi connectivity index (χ1n) is 12.7. The van der Waals surface area contributed by atoms with E-state index in [1.165, 1.54) is 16.7 Å². The second-order valence-electron chi connectivity index (χ2n) is 9.71. The van der Waals surface area contributed by atoms with E-state index in [-0.39, 0.29) is 6.79 Å². The summed E-state index contributed by atoms with van der Waals surface area (Å²) in [7, 11) is 0. The van der Waals surface area contributed by atoms with E-state index in [1.54, 1.807) is 0 Å². The minimum Gasteiger partial charge on any atom is -0.454 e. The number of nitrogens with one attached hydrogen (secondary N) is 2. The van der Waals surface area contributed by atoms with Gasteiger partial charge in [-0.05, 0) is 86.9 Å². The molecule has 0 aliphatic carbocycles. The number of thiocarbonyl (C=S) groups is 1. The third-order valence-electron chi connectivity index (χ3n) is 6.69. The number of hydrogen-bond donors (Lipinski definition) is 2. The van der Waals surface area contributed by atoms with Gasteiger partial charge in [-0.15, -0.1) is 0 Å². The van der Waals surface area contributed by atoms with Crippen LogP contribution in [0.3, 0.4) is 0 Å². The largest absolute Gasteiger partial charge is 0.454 e. The number of rotatable bonds is 4. The van der Waals surface area contributed by atoms with Crippen LogP contribution in [-0.2, 0) is 6.54 Å².